The van der Waals surface area contributed by atoms with Crippen LogP contribution in [-0.2, 0) is 5.41 Å². The van der Waals surface area contributed by atoms with Gasteiger partial charge in [0.15, 0.2) is 5.58 Å². The number of nitrogens with zero attached hydrogens (tertiary/aromatic N) is 2. The van der Waals surface area contributed by atoms with Crippen LogP contribution >= 0.6 is 0 Å². The summed E-state index contributed by atoms with van der Waals surface area (Å²) in [5.41, 5.74) is 18.4. The first-order chi connectivity index (χ1) is 31.5. The number of hydrogen-bond donors (Lipinski definition) is 0. The van der Waals surface area contributed by atoms with Gasteiger partial charge in [0.2, 0.25) is 0 Å². The molecular weight excluding hydrogens is 777 g/mol. The van der Waals surface area contributed by atoms with Crippen molar-refractivity contribution in [3.05, 3.63) is 230 Å². The molecule has 64 heavy (non-hydrogen) atoms. The van der Waals surface area contributed by atoms with E-state index in [4.69, 9.17) is 4.42 Å². The van der Waals surface area contributed by atoms with Crippen LogP contribution in [0.3, 0.4) is 0 Å². The zero-order valence-electron chi connectivity index (χ0n) is 35.6. The minimum Gasteiger partial charge on any atom is -0.454 e. The van der Waals surface area contributed by atoms with Crippen LogP contribution in [0.25, 0.3) is 93.6 Å². The largest absolute Gasteiger partial charge is 0.454 e. The normalized spacial score (nSPS) is 13.0. The molecule has 2 aromatic heterocycles. The van der Waals surface area contributed by atoms with E-state index in [2.05, 4.69) is 242 Å². The lowest BCUT2D eigenvalue weighted by Gasteiger charge is -2.28. The van der Waals surface area contributed by atoms with Crippen molar-refractivity contribution in [3.8, 4) is 39.1 Å². The molecule has 0 bridgehead atoms. The molecule has 0 saturated carbocycles. The fraction of sp³-hybridized carbons (Fsp3) is 0.0492. The van der Waals surface area contributed by atoms with E-state index < -0.39 is 0 Å². The fourth-order valence-electron chi connectivity index (χ4n) is 10.6. The van der Waals surface area contributed by atoms with Gasteiger partial charge in [-0.25, -0.2) is 0 Å². The molecule has 1 aliphatic rings. The Kier molecular flexibility index (Phi) is 7.95. The second kappa shape index (κ2) is 13.9. The third-order valence-electron chi connectivity index (χ3n) is 13.8. The summed E-state index contributed by atoms with van der Waals surface area (Å²) in [5.74, 6) is 0. The van der Waals surface area contributed by atoms with E-state index in [-0.39, 0.29) is 5.41 Å². The second-order valence-corrected chi connectivity index (χ2v) is 17.7. The summed E-state index contributed by atoms with van der Waals surface area (Å²) in [4.78, 5) is 2.40. The lowest BCUT2D eigenvalue weighted by molar-refractivity contribution is 0.660. The van der Waals surface area contributed by atoms with Crippen LogP contribution in [0.4, 0.5) is 17.1 Å². The van der Waals surface area contributed by atoms with Crippen molar-refractivity contribution in [2.45, 2.75) is 19.3 Å². The molecule has 12 aromatic rings. The average molecular weight is 819 g/mol. The number of aromatic nitrogens is 1. The number of furan rings is 1. The van der Waals surface area contributed by atoms with E-state index in [9.17, 15) is 0 Å². The third kappa shape index (κ3) is 5.47. The highest BCUT2D eigenvalue weighted by Crippen LogP contribution is 2.52. The van der Waals surface area contributed by atoms with Crippen molar-refractivity contribution < 1.29 is 4.42 Å². The van der Waals surface area contributed by atoms with Crippen LogP contribution < -0.4 is 4.90 Å². The molecule has 0 N–H and O–H groups in total. The van der Waals surface area contributed by atoms with Crippen molar-refractivity contribution in [2.75, 3.05) is 4.90 Å². The molecule has 1 aliphatic carbocycles. The molecule has 0 radical (unpaired) electrons. The molecule has 2 heterocycles. The topological polar surface area (TPSA) is 21.3 Å². The summed E-state index contributed by atoms with van der Waals surface area (Å²) < 4.78 is 9.22. The lowest BCUT2D eigenvalue weighted by Crippen LogP contribution is -2.16. The molecule has 0 spiro atoms. The molecule has 13 rings (SSSR count). The van der Waals surface area contributed by atoms with Gasteiger partial charge in [-0.3, -0.25) is 0 Å². The van der Waals surface area contributed by atoms with E-state index in [1.165, 1.54) is 71.5 Å². The maximum atomic E-state index is 6.86. The predicted molar refractivity (Wildman–Crippen MR) is 269 cm³/mol. The molecule has 0 fully saturated rings. The van der Waals surface area contributed by atoms with Gasteiger partial charge in [0.25, 0.3) is 0 Å². The number of para-hydroxylation sites is 3. The summed E-state index contributed by atoms with van der Waals surface area (Å²) in [6.07, 6.45) is 0. The Morgan fingerprint density at radius 2 is 0.938 bits per heavy atom. The van der Waals surface area contributed by atoms with E-state index in [1.807, 2.05) is 0 Å². The van der Waals surface area contributed by atoms with E-state index in [0.717, 1.165) is 50.3 Å². The first-order valence-corrected chi connectivity index (χ1v) is 22.2. The van der Waals surface area contributed by atoms with Crippen LogP contribution in [0.2, 0.25) is 0 Å². The molecule has 0 aliphatic heterocycles. The van der Waals surface area contributed by atoms with Gasteiger partial charge in [-0.05, 0) is 116 Å². The summed E-state index contributed by atoms with van der Waals surface area (Å²) in [6, 6.07) is 79.5. The standard InChI is InChI=1S/C61H42N2O/c1-61(2)53-19-9-5-15-48(53)49-36-35-46(38-54(49)61)62(57-37-43-13-3-4-14-47(43)59-52-18-8-12-22-58(52)64-60(57)59)44-31-27-41(28-32-44)39-23-25-40(26-24-39)42-29-33-45(34-30-42)63-55-20-10-6-16-50(55)51-17-7-11-21-56(51)63/h3-38H,1-2H3. The molecule has 0 saturated heterocycles. The summed E-state index contributed by atoms with van der Waals surface area (Å²) in [6.45, 7) is 4.70. The van der Waals surface area contributed by atoms with E-state index >= 15 is 0 Å². The molecule has 10 aromatic carbocycles. The van der Waals surface area contributed by atoms with Crippen molar-refractivity contribution in [1.82, 2.24) is 4.57 Å². The maximum Gasteiger partial charge on any atom is 0.160 e. The van der Waals surface area contributed by atoms with E-state index in [0.29, 0.717) is 0 Å². The molecule has 0 unspecified atom stereocenters. The SMILES string of the molecule is CC1(C)c2ccccc2-c2ccc(N(c3ccc(-c4ccc(-c5ccc(-n6c7ccccc7c7ccccc76)cc5)cc4)cc3)c3cc4ccccc4c4c3oc3ccccc34)cc21. The Balaban J connectivity index is 0.885. The van der Waals surface area contributed by atoms with Crippen LogP contribution in [-0.4, -0.2) is 4.57 Å². The minimum absolute atomic E-state index is 0.143. The van der Waals surface area contributed by atoms with Gasteiger partial charge in [-0.15, -0.1) is 0 Å². The molecule has 0 atom stereocenters. The molecule has 0 amide bonds. The zero-order chi connectivity index (χ0) is 42.5. The highest BCUT2D eigenvalue weighted by atomic mass is 16.3. The smallest absolute Gasteiger partial charge is 0.160 e. The van der Waals surface area contributed by atoms with Gasteiger partial charge in [-0.1, -0.05) is 172 Å². The van der Waals surface area contributed by atoms with Gasteiger partial charge in [-0.2, -0.15) is 0 Å². The van der Waals surface area contributed by atoms with Crippen molar-refractivity contribution in [1.29, 1.82) is 0 Å². The number of benzene rings is 10. The fourth-order valence-corrected chi connectivity index (χ4v) is 10.6. The minimum atomic E-state index is -0.143. The highest BCUT2D eigenvalue weighted by Gasteiger charge is 2.36. The van der Waals surface area contributed by atoms with Gasteiger partial charge >= 0.3 is 0 Å². The van der Waals surface area contributed by atoms with Crippen molar-refractivity contribution in [3.63, 3.8) is 0 Å². The van der Waals surface area contributed by atoms with Gasteiger partial charge in [0.05, 0.1) is 16.7 Å². The Bertz CT molecular complexity index is 3740. The van der Waals surface area contributed by atoms with E-state index in [1.54, 1.807) is 0 Å². The molecule has 3 heteroatoms. The Hall–Kier alpha value is -8.14. The highest BCUT2D eigenvalue weighted by molar-refractivity contribution is 6.23. The van der Waals surface area contributed by atoms with Crippen LogP contribution in [0.15, 0.2) is 223 Å². The van der Waals surface area contributed by atoms with Gasteiger partial charge in [0.1, 0.15) is 5.58 Å². The average Bonchev–Trinajstić information content (AvgIpc) is 3.98. The summed E-state index contributed by atoms with van der Waals surface area (Å²) in [5, 5.41) is 7.17. The quantitative estimate of drug-likeness (QED) is 0.167. The first kappa shape index (κ1) is 36.5. The molecule has 3 nitrogen and oxygen atoms in total. The second-order valence-electron chi connectivity index (χ2n) is 17.7. The number of hydrogen-bond acceptors (Lipinski definition) is 2. The number of fused-ring (bicyclic) bond motifs is 11. The Morgan fingerprint density at radius 3 is 1.62 bits per heavy atom. The Morgan fingerprint density at radius 1 is 0.422 bits per heavy atom. The van der Waals surface area contributed by atoms with Gasteiger partial charge in [0, 0.05) is 44.0 Å². The number of rotatable bonds is 6. The van der Waals surface area contributed by atoms with Gasteiger partial charge < -0.3 is 13.9 Å². The molecule has 302 valence electrons. The first-order valence-electron chi connectivity index (χ1n) is 22.2. The van der Waals surface area contributed by atoms with Crippen LogP contribution in [0.1, 0.15) is 25.0 Å². The van der Waals surface area contributed by atoms with Crippen LogP contribution in [0.5, 0.6) is 0 Å². The summed E-state index contributed by atoms with van der Waals surface area (Å²) in [7, 11) is 0. The number of anilines is 3. The maximum absolute atomic E-state index is 6.86. The zero-order valence-corrected chi connectivity index (χ0v) is 35.6. The lowest BCUT2D eigenvalue weighted by atomic mass is 9.82. The van der Waals surface area contributed by atoms with Crippen molar-refractivity contribution >= 4 is 71.6 Å². The Labute approximate surface area is 371 Å². The third-order valence-corrected chi connectivity index (χ3v) is 13.8. The monoisotopic (exact) mass is 818 g/mol. The summed E-state index contributed by atoms with van der Waals surface area (Å²) >= 11 is 0. The predicted octanol–water partition coefficient (Wildman–Crippen LogP) is 16.9. The van der Waals surface area contributed by atoms with Crippen molar-refractivity contribution in [2.24, 2.45) is 0 Å². The van der Waals surface area contributed by atoms with Crippen LogP contribution in [0, 0.1) is 0 Å². The molecular formula is C61H42N2O.